The molecule has 0 fully saturated rings. The van der Waals surface area contributed by atoms with Crippen LogP contribution in [0.15, 0.2) is 18.2 Å². The minimum Gasteiger partial charge on any atom is -0.487 e. The molecule has 1 rings (SSSR count). The normalized spacial score (nSPS) is 11.6. The highest BCUT2D eigenvalue weighted by Gasteiger charge is 2.23. The van der Waals surface area contributed by atoms with E-state index in [1.54, 1.807) is 18.2 Å². The molecule has 3 N–H and O–H groups in total. The molecule has 0 bridgehead atoms. The summed E-state index contributed by atoms with van der Waals surface area (Å²) < 4.78 is 33.8. The minimum absolute atomic E-state index is 0.120. The standard InChI is InChI=1S/C44H79N3O9/c1-5-9-11-13-15-17-19-21-27-45-42(48)26-24-39(44(50)46-28-22-20-18-16-14-12-10-6-2)47-43(49)38-23-25-40(55-35-33-53-31-29-51-7-3)41(37-38)56-36-34-54-32-30-52-8-4/h23,25,37,39H,5-22,24,26-36H2,1-4H3,(H,45,48)(H,46,50)(H,47,49)/t39-/m0/s1. The molecule has 0 saturated heterocycles. The maximum Gasteiger partial charge on any atom is 0.252 e. The van der Waals surface area contributed by atoms with Gasteiger partial charge in [0.15, 0.2) is 11.5 Å². The third-order valence-electron chi connectivity index (χ3n) is 9.29. The second-order valence-electron chi connectivity index (χ2n) is 14.1. The Labute approximate surface area is 339 Å². The van der Waals surface area contributed by atoms with Crippen LogP contribution < -0.4 is 25.4 Å². The van der Waals surface area contributed by atoms with Crippen molar-refractivity contribution in [3.63, 3.8) is 0 Å². The molecule has 0 spiro atoms. The number of amides is 3. The van der Waals surface area contributed by atoms with E-state index in [9.17, 15) is 14.4 Å². The van der Waals surface area contributed by atoms with Crippen LogP contribution in [0.4, 0.5) is 0 Å². The first-order valence-electron chi connectivity index (χ1n) is 22.0. The summed E-state index contributed by atoms with van der Waals surface area (Å²) in [6, 6.07) is 4.04. The molecule has 0 unspecified atom stereocenters. The van der Waals surface area contributed by atoms with Gasteiger partial charge in [-0.2, -0.15) is 0 Å². The fourth-order valence-electron chi connectivity index (χ4n) is 5.99. The van der Waals surface area contributed by atoms with Crippen molar-refractivity contribution >= 4 is 17.7 Å². The van der Waals surface area contributed by atoms with Gasteiger partial charge in [0, 0.05) is 38.3 Å². The Balaban J connectivity index is 2.86. The van der Waals surface area contributed by atoms with Crippen molar-refractivity contribution in [2.45, 2.75) is 149 Å². The zero-order valence-corrected chi connectivity index (χ0v) is 35.7. The maximum absolute atomic E-state index is 13.7. The van der Waals surface area contributed by atoms with Crippen molar-refractivity contribution < 1.29 is 42.8 Å². The summed E-state index contributed by atoms with van der Waals surface area (Å²) in [6.07, 6.45) is 19.2. The highest BCUT2D eigenvalue weighted by atomic mass is 16.6. The summed E-state index contributed by atoms with van der Waals surface area (Å²) >= 11 is 0. The second kappa shape index (κ2) is 37.6. The molecule has 56 heavy (non-hydrogen) atoms. The number of unbranched alkanes of at least 4 members (excludes halogenated alkanes) is 14. The number of nitrogens with one attached hydrogen (secondary N) is 3. The van der Waals surface area contributed by atoms with Crippen LogP contribution in [0.5, 0.6) is 11.5 Å². The quantitative estimate of drug-likeness (QED) is 0.0565. The van der Waals surface area contributed by atoms with E-state index in [1.165, 1.54) is 70.6 Å². The van der Waals surface area contributed by atoms with Crippen LogP contribution in [0.25, 0.3) is 0 Å². The lowest BCUT2D eigenvalue weighted by Crippen LogP contribution is -2.47. The average Bonchev–Trinajstić information content (AvgIpc) is 3.20. The summed E-state index contributed by atoms with van der Waals surface area (Å²) in [4.78, 5) is 39.9. The Morgan fingerprint density at radius 3 is 1.54 bits per heavy atom. The fraction of sp³-hybridized carbons (Fsp3) is 0.795. The van der Waals surface area contributed by atoms with Gasteiger partial charge in [-0.25, -0.2) is 0 Å². The molecule has 0 radical (unpaired) electrons. The molecule has 324 valence electrons. The van der Waals surface area contributed by atoms with Gasteiger partial charge in [0.05, 0.1) is 39.6 Å². The van der Waals surface area contributed by atoms with Gasteiger partial charge in [0.1, 0.15) is 19.3 Å². The van der Waals surface area contributed by atoms with Crippen LogP contribution in [0.1, 0.15) is 154 Å². The molecule has 12 nitrogen and oxygen atoms in total. The smallest absolute Gasteiger partial charge is 0.252 e. The van der Waals surface area contributed by atoms with E-state index in [0.29, 0.717) is 83.0 Å². The van der Waals surface area contributed by atoms with E-state index in [2.05, 4.69) is 29.8 Å². The Bertz CT molecular complexity index is 1110. The third kappa shape index (κ3) is 28.5. The number of hydrogen-bond acceptors (Lipinski definition) is 9. The topological polar surface area (TPSA) is 143 Å². The van der Waals surface area contributed by atoms with E-state index in [1.807, 2.05) is 13.8 Å². The van der Waals surface area contributed by atoms with Crippen molar-refractivity contribution in [1.82, 2.24) is 16.0 Å². The number of rotatable bonds is 40. The number of carbonyl (C=O) groups excluding carboxylic acids is 3. The van der Waals surface area contributed by atoms with Gasteiger partial charge in [-0.1, -0.05) is 104 Å². The van der Waals surface area contributed by atoms with Crippen LogP contribution in [-0.2, 0) is 28.5 Å². The molecule has 3 amide bonds. The Hall–Kier alpha value is -2.93. The number of ether oxygens (including phenoxy) is 6. The van der Waals surface area contributed by atoms with E-state index < -0.39 is 11.9 Å². The molecule has 1 atom stereocenters. The Kier molecular flexibility index (Phi) is 34.3. The van der Waals surface area contributed by atoms with E-state index in [0.717, 1.165) is 32.1 Å². The fourth-order valence-corrected chi connectivity index (χ4v) is 5.99. The second-order valence-corrected chi connectivity index (χ2v) is 14.1. The van der Waals surface area contributed by atoms with Crippen LogP contribution in [0.2, 0.25) is 0 Å². The van der Waals surface area contributed by atoms with Gasteiger partial charge in [-0.15, -0.1) is 0 Å². The molecule has 0 aliphatic heterocycles. The molecule has 0 aliphatic carbocycles. The first-order chi connectivity index (χ1) is 27.5. The Morgan fingerprint density at radius 1 is 0.536 bits per heavy atom. The lowest BCUT2D eigenvalue weighted by Gasteiger charge is -2.19. The molecule has 0 aliphatic rings. The summed E-state index contributed by atoms with van der Waals surface area (Å²) in [5.74, 6) is -0.0265. The first-order valence-corrected chi connectivity index (χ1v) is 22.0. The maximum atomic E-state index is 13.7. The van der Waals surface area contributed by atoms with Gasteiger partial charge in [-0.05, 0) is 51.3 Å². The van der Waals surface area contributed by atoms with Gasteiger partial charge >= 0.3 is 0 Å². The molecular weight excluding hydrogens is 714 g/mol. The average molecular weight is 794 g/mol. The van der Waals surface area contributed by atoms with Crippen LogP contribution in [0, 0.1) is 0 Å². The Morgan fingerprint density at radius 2 is 1.00 bits per heavy atom. The summed E-state index contributed by atoms with van der Waals surface area (Å²) in [6.45, 7) is 13.8. The molecule has 0 saturated carbocycles. The monoisotopic (exact) mass is 794 g/mol. The van der Waals surface area contributed by atoms with Gasteiger partial charge < -0.3 is 44.4 Å². The zero-order chi connectivity index (χ0) is 40.7. The lowest BCUT2D eigenvalue weighted by molar-refractivity contribution is -0.124. The van der Waals surface area contributed by atoms with Gasteiger partial charge in [0.25, 0.3) is 5.91 Å². The predicted molar refractivity (Wildman–Crippen MR) is 224 cm³/mol. The van der Waals surface area contributed by atoms with E-state index in [-0.39, 0.29) is 37.9 Å². The van der Waals surface area contributed by atoms with Crippen LogP contribution >= 0.6 is 0 Å². The van der Waals surface area contributed by atoms with Crippen molar-refractivity contribution in [3.8, 4) is 11.5 Å². The van der Waals surface area contributed by atoms with Crippen molar-refractivity contribution in [2.75, 3.05) is 79.2 Å². The van der Waals surface area contributed by atoms with Crippen molar-refractivity contribution in [3.05, 3.63) is 23.8 Å². The molecule has 1 aromatic carbocycles. The first kappa shape index (κ1) is 51.1. The predicted octanol–water partition coefficient (Wildman–Crippen LogP) is 7.94. The highest BCUT2D eigenvalue weighted by molar-refractivity contribution is 5.98. The number of hydrogen-bond donors (Lipinski definition) is 3. The number of benzene rings is 1. The molecule has 0 heterocycles. The molecule has 12 heteroatoms. The SMILES string of the molecule is CCCCCCCCCCNC(=O)CC[C@H](NC(=O)c1ccc(OCCOCCOCC)c(OCCOCCOCC)c1)C(=O)NCCCCCCCCCC. The molecular formula is C44H79N3O9. The lowest BCUT2D eigenvalue weighted by atomic mass is 10.1. The summed E-state index contributed by atoms with van der Waals surface area (Å²) in [7, 11) is 0. The van der Waals surface area contributed by atoms with Gasteiger partial charge in [-0.3, -0.25) is 14.4 Å². The van der Waals surface area contributed by atoms with Crippen LogP contribution in [-0.4, -0.2) is 103 Å². The van der Waals surface area contributed by atoms with Crippen molar-refractivity contribution in [2.24, 2.45) is 0 Å². The summed E-state index contributed by atoms with van der Waals surface area (Å²) in [5, 5.41) is 8.90. The van der Waals surface area contributed by atoms with E-state index in [4.69, 9.17) is 28.4 Å². The highest BCUT2D eigenvalue weighted by Crippen LogP contribution is 2.29. The molecule has 1 aromatic rings. The van der Waals surface area contributed by atoms with Crippen LogP contribution in [0.3, 0.4) is 0 Å². The van der Waals surface area contributed by atoms with E-state index >= 15 is 0 Å². The third-order valence-corrected chi connectivity index (χ3v) is 9.29. The number of carbonyl (C=O) groups is 3. The van der Waals surface area contributed by atoms with Gasteiger partial charge in [0.2, 0.25) is 11.8 Å². The largest absolute Gasteiger partial charge is 0.487 e. The summed E-state index contributed by atoms with van der Waals surface area (Å²) in [5.41, 5.74) is 0.303. The van der Waals surface area contributed by atoms with Crippen molar-refractivity contribution in [1.29, 1.82) is 0 Å². The minimum atomic E-state index is -0.877. The molecule has 0 aromatic heterocycles. The zero-order valence-electron chi connectivity index (χ0n) is 35.7.